The minimum Gasteiger partial charge on any atom is -0.462 e. The minimum atomic E-state index is -0.523. The van der Waals surface area contributed by atoms with Gasteiger partial charge in [0.2, 0.25) is 5.78 Å². The SMILES string of the molecule is CCOC(=O)c1cc(C(=O)c2ccc(Br)cc2)n2ccc(C#N)cc12. The van der Waals surface area contributed by atoms with Gasteiger partial charge in [-0.3, -0.25) is 4.79 Å². The summed E-state index contributed by atoms with van der Waals surface area (Å²) in [5, 5.41) is 9.10. The molecule has 0 aliphatic rings. The van der Waals surface area contributed by atoms with Crippen molar-refractivity contribution in [2.45, 2.75) is 6.92 Å². The number of esters is 1. The zero-order valence-corrected chi connectivity index (χ0v) is 14.9. The second-order valence-corrected chi connectivity index (χ2v) is 6.20. The summed E-state index contributed by atoms with van der Waals surface area (Å²) in [6.45, 7) is 1.94. The number of benzene rings is 1. The average molecular weight is 397 g/mol. The molecular weight excluding hydrogens is 384 g/mol. The van der Waals surface area contributed by atoms with Crippen LogP contribution in [0.4, 0.5) is 0 Å². The zero-order chi connectivity index (χ0) is 18.0. The molecule has 124 valence electrons. The van der Waals surface area contributed by atoms with Gasteiger partial charge in [0.25, 0.3) is 0 Å². The molecular formula is C19H13BrN2O3. The van der Waals surface area contributed by atoms with Gasteiger partial charge in [-0.25, -0.2) is 4.79 Å². The molecule has 0 fully saturated rings. The second-order valence-electron chi connectivity index (χ2n) is 5.28. The number of rotatable bonds is 4. The summed E-state index contributed by atoms with van der Waals surface area (Å²) in [7, 11) is 0. The van der Waals surface area contributed by atoms with Crippen molar-refractivity contribution >= 4 is 33.2 Å². The van der Waals surface area contributed by atoms with Gasteiger partial charge in [0.1, 0.15) is 0 Å². The molecule has 0 saturated carbocycles. The molecule has 5 nitrogen and oxygen atoms in total. The molecule has 0 spiro atoms. The number of hydrogen-bond donors (Lipinski definition) is 0. The van der Waals surface area contributed by atoms with E-state index in [1.165, 1.54) is 6.07 Å². The number of halogens is 1. The largest absolute Gasteiger partial charge is 0.462 e. The van der Waals surface area contributed by atoms with Crippen LogP contribution in [0.25, 0.3) is 5.52 Å². The summed E-state index contributed by atoms with van der Waals surface area (Å²) in [5.74, 6) is -0.743. The van der Waals surface area contributed by atoms with Gasteiger partial charge >= 0.3 is 5.97 Å². The summed E-state index contributed by atoms with van der Waals surface area (Å²) in [6.07, 6.45) is 1.61. The summed E-state index contributed by atoms with van der Waals surface area (Å²) in [6, 6.07) is 13.7. The highest BCUT2D eigenvalue weighted by Crippen LogP contribution is 2.23. The molecule has 0 bridgehead atoms. The fraction of sp³-hybridized carbons (Fsp3) is 0.105. The van der Waals surface area contributed by atoms with E-state index in [0.29, 0.717) is 22.3 Å². The van der Waals surface area contributed by atoms with Crippen LogP contribution in [-0.4, -0.2) is 22.8 Å². The van der Waals surface area contributed by atoms with Gasteiger partial charge in [0.15, 0.2) is 0 Å². The van der Waals surface area contributed by atoms with Crippen molar-refractivity contribution in [1.29, 1.82) is 5.26 Å². The Morgan fingerprint density at radius 3 is 2.56 bits per heavy atom. The average Bonchev–Trinajstić information content (AvgIpc) is 3.00. The number of carbonyl (C=O) groups excluding carboxylic acids is 2. The maximum Gasteiger partial charge on any atom is 0.340 e. The van der Waals surface area contributed by atoms with Crippen LogP contribution in [0.2, 0.25) is 0 Å². The van der Waals surface area contributed by atoms with E-state index in [2.05, 4.69) is 15.9 Å². The fourth-order valence-corrected chi connectivity index (χ4v) is 2.83. The van der Waals surface area contributed by atoms with Crippen LogP contribution in [0.3, 0.4) is 0 Å². The van der Waals surface area contributed by atoms with Crippen LogP contribution in [0.1, 0.15) is 38.9 Å². The maximum absolute atomic E-state index is 12.9. The topological polar surface area (TPSA) is 71.6 Å². The number of ketones is 1. The van der Waals surface area contributed by atoms with Crippen LogP contribution < -0.4 is 0 Å². The molecule has 0 aliphatic heterocycles. The summed E-state index contributed by atoms with van der Waals surface area (Å²) in [5.41, 5.74) is 1.98. The third kappa shape index (κ3) is 3.19. The Kier molecular flexibility index (Phi) is 4.68. The highest BCUT2D eigenvalue weighted by molar-refractivity contribution is 9.10. The lowest BCUT2D eigenvalue weighted by atomic mass is 10.1. The van der Waals surface area contributed by atoms with E-state index in [-0.39, 0.29) is 18.0 Å². The molecule has 3 aromatic rings. The first kappa shape index (κ1) is 16.9. The summed E-state index contributed by atoms with van der Waals surface area (Å²) < 4.78 is 7.55. The normalized spacial score (nSPS) is 10.4. The highest BCUT2D eigenvalue weighted by atomic mass is 79.9. The third-order valence-corrected chi connectivity index (χ3v) is 4.26. The molecule has 0 aliphatic carbocycles. The van der Waals surface area contributed by atoms with Gasteiger partial charge in [-0.05, 0) is 49.4 Å². The quantitative estimate of drug-likeness (QED) is 0.493. The number of nitrogens with zero attached hydrogens (tertiary/aromatic N) is 2. The predicted molar refractivity (Wildman–Crippen MR) is 95.6 cm³/mol. The lowest BCUT2D eigenvalue weighted by Crippen LogP contribution is -2.04. The Morgan fingerprint density at radius 1 is 1.20 bits per heavy atom. The van der Waals surface area contributed by atoms with Gasteiger partial charge < -0.3 is 9.14 Å². The monoisotopic (exact) mass is 396 g/mol. The fourth-order valence-electron chi connectivity index (χ4n) is 2.56. The summed E-state index contributed by atoms with van der Waals surface area (Å²) >= 11 is 3.34. The maximum atomic E-state index is 12.9. The van der Waals surface area contributed by atoms with Crippen molar-refractivity contribution in [3.8, 4) is 6.07 Å². The second kappa shape index (κ2) is 6.91. The molecule has 2 heterocycles. The molecule has 0 amide bonds. The van der Waals surface area contributed by atoms with Crippen LogP contribution >= 0.6 is 15.9 Å². The molecule has 0 saturated heterocycles. The van der Waals surface area contributed by atoms with Crippen LogP contribution in [0.15, 0.2) is 53.1 Å². The number of ether oxygens (including phenoxy) is 1. The summed E-state index contributed by atoms with van der Waals surface area (Å²) in [4.78, 5) is 25.1. The van der Waals surface area contributed by atoms with Gasteiger partial charge in [-0.15, -0.1) is 0 Å². The lowest BCUT2D eigenvalue weighted by molar-refractivity contribution is 0.0529. The number of carbonyl (C=O) groups is 2. The Hall–Kier alpha value is -2.91. The number of fused-ring (bicyclic) bond motifs is 1. The van der Waals surface area contributed by atoms with E-state index in [1.54, 1.807) is 53.9 Å². The van der Waals surface area contributed by atoms with Crippen molar-refractivity contribution in [2.75, 3.05) is 6.61 Å². The molecule has 0 unspecified atom stereocenters. The third-order valence-electron chi connectivity index (χ3n) is 3.73. The molecule has 3 rings (SSSR count). The van der Waals surface area contributed by atoms with Gasteiger partial charge in [-0.1, -0.05) is 15.9 Å². The number of nitriles is 1. The molecule has 0 N–H and O–H groups in total. The van der Waals surface area contributed by atoms with E-state index >= 15 is 0 Å². The van der Waals surface area contributed by atoms with Gasteiger partial charge in [0.05, 0.1) is 35.0 Å². The van der Waals surface area contributed by atoms with E-state index in [4.69, 9.17) is 10.00 Å². The van der Waals surface area contributed by atoms with Gasteiger partial charge in [0, 0.05) is 16.2 Å². The zero-order valence-electron chi connectivity index (χ0n) is 13.3. The first-order chi connectivity index (χ1) is 12.0. The smallest absolute Gasteiger partial charge is 0.340 e. The predicted octanol–water partition coefficient (Wildman–Crippen LogP) is 3.98. The molecule has 0 atom stereocenters. The minimum absolute atomic E-state index is 0.220. The van der Waals surface area contributed by atoms with Crippen molar-refractivity contribution in [1.82, 2.24) is 4.40 Å². The lowest BCUT2D eigenvalue weighted by Gasteiger charge is -2.03. The first-order valence-corrected chi connectivity index (χ1v) is 8.37. The Balaban J connectivity index is 2.18. The van der Waals surface area contributed by atoms with Crippen LogP contribution in [0.5, 0.6) is 0 Å². The van der Waals surface area contributed by atoms with Crippen LogP contribution in [0, 0.1) is 11.3 Å². The Bertz CT molecular complexity index is 1010. The number of pyridine rings is 1. The Morgan fingerprint density at radius 2 is 1.92 bits per heavy atom. The number of hydrogen-bond acceptors (Lipinski definition) is 4. The molecule has 1 aromatic carbocycles. The van der Waals surface area contributed by atoms with Gasteiger partial charge in [-0.2, -0.15) is 5.26 Å². The van der Waals surface area contributed by atoms with E-state index in [9.17, 15) is 9.59 Å². The van der Waals surface area contributed by atoms with E-state index in [1.807, 2.05) is 6.07 Å². The number of aromatic nitrogens is 1. The Labute approximate surface area is 152 Å². The standard InChI is InChI=1S/C19H13BrN2O3/c1-2-25-19(24)15-10-17(18(23)13-3-5-14(20)6-4-13)22-8-7-12(11-21)9-16(15)22/h3-10H,2H2,1H3. The molecule has 2 aromatic heterocycles. The van der Waals surface area contributed by atoms with Crippen molar-refractivity contribution in [3.63, 3.8) is 0 Å². The highest BCUT2D eigenvalue weighted by Gasteiger charge is 2.21. The molecule has 0 radical (unpaired) electrons. The van der Waals surface area contributed by atoms with E-state index in [0.717, 1.165) is 4.47 Å². The van der Waals surface area contributed by atoms with Crippen molar-refractivity contribution in [2.24, 2.45) is 0 Å². The van der Waals surface area contributed by atoms with Crippen molar-refractivity contribution < 1.29 is 14.3 Å². The first-order valence-electron chi connectivity index (χ1n) is 7.57. The van der Waals surface area contributed by atoms with Crippen LogP contribution in [-0.2, 0) is 4.74 Å². The molecule has 6 heteroatoms. The van der Waals surface area contributed by atoms with Crippen molar-refractivity contribution in [3.05, 3.63) is 75.5 Å². The van der Waals surface area contributed by atoms with E-state index < -0.39 is 5.97 Å². The molecule has 25 heavy (non-hydrogen) atoms.